The molecular weight excluding hydrogens is 324 g/mol. The lowest BCUT2D eigenvalue weighted by atomic mass is 9.93. The van der Waals surface area contributed by atoms with Gasteiger partial charge in [0.2, 0.25) is 0 Å². The number of likely N-dealkylation sites (N-methyl/N-ethyl adjacent to an activating group) is 1. The maximum atomic E-state index is 3.83. The predicted molar refractivity (Wildman–Crippen MR) is 94.8 cm³/mol. The number of rotatable bonds is 7. The normalized spacial score (nSPS) is 19.3. The van der Waals surface area contributed by atoms with Crippen LogP contribution < -0.4 is 5.32 Å². The maximum absolute atomic E-state index is 3.83. The number of fused-ring (bicyclic) bond motifs is 1. The fourth-order valence-electron chi connectivity index (χ4n) is 3.66. The lowest BCUT2D eigenvalue weighted by Gasteiger charge is -2.32. The summed E-state index contributed by atoms with van der Waals surface area (Å²) in [7, 11) is 4.43. The molecule has 0 aliphatic heterocycles. The molecule has 2 atom stereocenters. The van der Waals surface area contributed by atoms with Crippen molar-refractivity contribution < 1.29 is 0 Å². The minimum atomic E-state index is 0.532. The molecule has 3 heteroatoms. The molecule has 1 aliphatic rings. The van der Waals surface area contributed by atoms with Crippen molar-refractivity contribution in [3.8, 4) is 0 Å². The van der Waals surface area contributed by atoms with Crippen molar-refractivity contribution in [2.75, 3.05) is 20.6 Å². The molecule has 21 heavy (non-hydrogen) atoms. The van der Waals surface area contributed by atoms with E-state index in [1.807, 2.05) is 0 Å². The molecule has 1 aromatic carbocycles. The summed E-state index contributed by atoms with van der Waals surface area (Å²) < 4.78 is 1.20. The third-order valence-electron chi connectivity index (χ3n) is 5.01. The second kappa shape index (κ2) is 7.75. The van der Waals surface area contributed by atoms with Crippen LogP contribution in [0.4, 0.5) is 0 Å². The number of aryl methyl sites for hydroxylation is 1. The number of benzene rings is 1. The van der Waals surface area contributed by atoms with E-state index in [2.05, 4.69) is 72.3 Å². The van der Waals surface area contributed by atoms with Crippen LogP contribution in [0.1, 0.15) is 50.3 Å². The van der Waals surface area contributed by atoms with Crippen LogP contribution in [0.15, 0.2) is 22.7 Å². The van der Waals surface area contributed by atoms with Crippen molar-refractivity contribution in [1.29, 1.82) is 0 Å². The Balaban J connectivity index is 2.00. The zero-order valence-corrected chi connectivity index (χ0v) is 15.4. The molecule has 2 rings (SSSR count). The van der Waals surface area contributed by atoms with Crippen LogP contribution in [0.3, 0.4) is 0 Å². The highest BCUT2D eigenvalue weighted by atomic mass is 79.9. The van der Waals surface area contributed by atoms with E-state index < -0.39 is 0 Å². The van der Waals surface area contributed by atoms with Crippen LogP contribution in [0, 0.1) is 5.92 Å². The van der Waals surface area contributed by atoms with Crippen LogP contribution in [-0.4, -0.2) is 31.6 Å². The Bertz CT molecular complexity index is 455. The van der Waals surface area contributed by atoms with Crippen molar-refractivity contribution in [2.24, 2.45) is 5.92 Å². The first-order valence-corrected chi connectivity index (χ1v) is 9.04. The minimum Gasteiger partial charge on any atom is -0.308 e. The van der Waals surface area contributed by atoms with Gasteiger partial charge in [0.15, 0.2) is 0 Å². The van der Waals surface area contributed by atoms with E-state index in [0.29, 0.717) is 12.1 Å². The van der Waals surface area contributed by atoms with Gasteiger partial charge in [-0.05, 0) is 56.1 Å². The summed E-state index contributed by atoms with van der Waals surface area (Å²) in [5.74, 6) is 0.776. The van der Waals surface area contributed by atoms with Gasteiger partial charge in [0.1, 0.15) is 0 Å². The highest BCUT2D eigenvalue weighted by Crippen LogP contribution is 2.33. The molecule has 1 aromatic rings. The van der Waals surface area contributed by atoms with Crippen LogP contribution in [0.5, 0.6) is 0 Å². The Kier molecular flexibility index (Phi) is 6.27. The summed E-state index contributed by atoms with van der Waals surface area (Å²) in [6, 6.07) is 7.89. The molecule has 0 saturated carbocycles. The molecule has 118 valence electrons. The minimum absolute atomic E-state index is 0.532. The third kappa shape index (κ3) is 4.08. The number of hydrogen-bond donors (Lipinski definition) is 1. The summed E-state index contributed by atoms with van der Waals surface area (Å²) in [5.41, 5.74) is 3.01. The largest absolute Gasteiger partial charge is 0.308 e. The van der Waals surface area contributed by atoms with E-state index in [9.17, 15) is 0 Å². The number of halogens is 1. The molecule has 0 saturated heterocycles. The molecule has 2 nitrogen and oxygen atoms in total. The van der Waals surface area contributed by atoms with Gasteiger partial charge >= 0.3 is 0 Å². The summed E-state index contributed by atoms with van der Waals surface area (Å²) >= 11 is 3.58. The molecule has 0 amide bonds. The summed E-state index contributed by atoms with van der Waals surface area (Å²) in [6.07, 6.45) is 4.95. The van der Waals surface area contributed by atoms with Crippen LogP contribution >= 0.6 is 15.9 Å². The Morgan fingerprint density at radius 3 is 2.62 bits per heavy atom. The van der Waals surface area contributed by atoms with Gasteiger partial charge in [-0.3, -0.25) is 0 Å². The lowest BCUT2D eigenvalue weighted by Crippen LogP contribution is -2.43. The standard InChI is InChI=1S/C18H29BrN2/c1-5-13(6-2)18(21(3)4)12-20-17-10-7-14-11-15(19)8-9-16(14)17/h8-9,11,13,17-18,20H,5-7,10,12H2,1-4H3. The number of nitrogens with zero attached hydrogens (tertiary/aromatic N) is 1. The second-order valence-corrected chi connectivity index (χ2v) is 7.37. The molecule has 1 aliphatic carbocycles. The van der Waals surface area contributed by atoms with Gasteiger partial charge in [-0.25, -0.2) is 0 Å². The molecule has 0 heterocycles. The molecular formula is C18H29BrN2. The Labute approximate surface area is 138 Å². The molecule has 2 unspecified atom stereocenters. The fraction of sp³-hybridized carbons (Fsp3) is 0.667. The molecule has 0 fully saturated rings. The van der Waals surface area contributed by atoms with Gasteiger partial charge in [0, 0.05) is 23.1 Å². The Hall–Kier alpha value is -0.380. The van der Waals surface area contributed by atoms with Crippen molar-refractivity contribution >= 4 is 15.9 Å². The van der Waals surface area contributed by atoms with E-state index in [4.69, 9.17) is 0 Å². The van der Waals surface area contributed by atoms with Crippen molar-refractivity contribution in [2.45, 2.75) is 51.6 Å². The van der Waals surface area contributed by atoms with E-state index >= 15 is 0 Å². The molecule has 0 aromatic heterocycles. The monoisotopic (exact) mass is 352 g/mol. The summed E-state index contributed by atoms with van der Waals surface area (Å²) in [5, 5.41) is 3.83. The number of hydrogen-bond acceptors (Lipinski definition) is 2. The van der Waals surface area contributed by atoms with E-state index in [1.54, 1.807) is 0 Å². The molecule has 0 radical (unpaired) electrons. The van der Waals surface area contributed by atoms with E-state index in [1.165, 1.54) is 41.3 Å². The Morgan fingerprint density at radius 1 is 1.29 bits per heavy atom. The van der Waals surface area contributed by atoms with Gasteiger partial charge in [-0.15, -0.1) is 0 Å². The zero-order valence-electron chi connectivity index (χ0n) is 13.8. The third-order valence-corrected chi connectivity index (χ3v) is 5.51. The highest BCUT2D eigenvalue weighted by molar-refractivity contribution is 9.10. The van der Waals surface area contributed by atoms with Gasteiger partial charge in [0.05, 0.1) is 0 Å². The Morgan fingerprint density at radius 2 is 2.00 bits per heavy atom. The van der Waals surface area contributed by atoms with Gasteiger partial charge in [0.25, 0.3) is 0 Å². The van der Waals surface area contributed by atoms with Gasteiger partial charge < -0.3 is 10.2 Å². The quantitative estimate of drug-likeness (QED) is 0.782. The summed E-state index contributed by atoms with van der Waals surface area (Å²) in [4.78, 5) is 2.39. The first kappa shape index (κ1) is 17.0. The smallest absolute Gasteiger partial charge is 0.0326 e. The van der Waals surface area contributed by atoms with Crippen molar-refractivity contribution in [1.82, 2.24) is 10.2 Å². The SMILES string of the molecule is CCC(CC)C(CNC1CCc2cc(Br)ccc21)N(C)C. The second-order valence-electron chi connectivity index (χ2n) is 6.45. The van der Waals surface area contributed by atoms with E-state index in [-0.39, 0.29) is 0 Å². The van der Waals surface area contributed by atoms with Crippen LogP contribution in [-0.2, 0) is 6.42 Å². The van der Waals surface area contributed by atoms with Gasteiger partial charge in [-0.2, -0.15) is 0 Å². The van der Waals surface area contributed by atoms with Crippen LogP contribution in [0.2, 0.25) is 0 Å². The average molecular weight is 353 g/mol. The molecule has 1 N–H and O–H groups in total. The fourth-order valence-corrected chi connectivity index (χ4v) is 4.07. The lowest BCUT2D eigenvalue weighted by molar-refractivity contribution is 0.189. The topological polar surface area (TPSA) is 15.3 Å². The number of nitrogens with one attached hydrogen (secondary N) is 1. The zero-order chi connectivity index (χ0) is 15.4. The molecule has 0 bridgehead atoms. The van der Waals surface area contributed by atoms with Crippen LogP contribution in [0.25, 0.3) is 0 Å². The molecule has 0 spiro atoms. The first-order valence-electron chi connectivity index (χ1n) is 8.24. The van der Waals surface area contributed by atoms with E-state index in [0.717, 1.165) is 12.5 Å². The highest BCUT2D eigenvalue weighted by Gasteiger charge is 2.25. The average Bonchev–Trinajstić information content (AvgIpc) is 2.85. The first-order chi connectivity index (χ1) is 10.1. The predicted octanol–water partition coefficient (Wildman–Crippen LogP) is 4.39. The summed E-state index contributed by atoms with van der Waals surface area (Å²) in [6.45, 7) is 5.71. The van der Waals surface area contributed by atoms with Crippen molar-refractivity contribution in [3.63, 3.8) is 0 Å². The van der Waals surface area contributed by atoms with Crippen molar-refractivity contribution in [3.05, 3.63) is 33.8 Å². The van der Waals surface area contributed by atoms with Gasteiger partial charge in [-0.1, -0.05) is 48.7 Å². The maximum Gasteiger partial charge on any atom is 0.0326 e.